The van der Waals surface area contributed by atoms with Crippen molar-refractivity contribution in [2.45, 2.75) is 17.9 Å². The summed E-state index contributed by atoms with van der Waals surface area (Å²) in [5.41, 5.74) is 6.21. The molecule has 1 heterocycles. The quantitative estimate of drug-likeness (QED) is 0.843. The summed E-state index contributed by atoms with van der Waals surface area (Å²) in [5.74, 6) is -0.847. The highest BCUT2D eigenvalue weighted by Crippen LogP contribution is 2.20. The van der Waals surface area contributed by atoms with Gasteiger partial charge in [-0.1, -0.05) is 6.07 Å². The molecule has 20 heavy (non-hydrogen) atoms. The molecule has 0 fully saturated rings. The molecule has 3 N–H and O–H groups in total. The van der Waals surface area contributed by atoms with Gasteiger partial charge in [0, 0.05) is 11.9 Å². The third kappa shape index (κ3) is 3.12. The van der Waals surface area contributed by atoms with Gasteiger partial charge in [0.15, 0.2) is 0 Å². The number of nitrogens with two attached hydrogens (primary N) is 1. The molecule has 2 rings (SSSR count). The molecular weight excluding hydrogens is 281 g/mol. The number of hydrogen-bond acceptors (Lipinski definition) is 4. The first kappa shape index (κ1) is 14.4. The van der Waals surface area contributed by atoms with E-state index in [2.05, 4.69) is 9.71 Å². The van der Waals surface area contributed by atoms with Crippen LogP contribution in [-0.2, 0) is 10.0 Å². The number of benzene rings is 1. The molecule has 1 unspecified atom stereocenters. The largest absolute Gasteiger partial charge is 0.399 e. The monoisotopic (exact) mass is 295 g/mol. The predicted molar refractivity (Wildman–Crippen MR) is 73.8 cm³/mol. The Morgan fingerprint density at radius 2 is 2.05 bits per heavy atom. The first-order chi connectivity index (χ1) is 9.40. The molecule has 0 bridgehead atoms. The third-order valence-electron chi connectivity index (χ3n) is 2.71. The van der Waals surface area contributed by atoms with E-state index >= 15 is 0 Å². The molecule has 2 aromatic rings. The van der Waals surface area contributed by atoms with Gasteiger partial charge in [0.05, 0.1) is 11.7 Å². The second-order valence-electron chi connectivity index (χ2n) is 4.29. The summed E-state index contributed by atoms with van der Waals surface area (Å²) in [7, 11) is -4.01. The minimum absolute atomic E-state index is 0.178. The molecule has 0 saturated carbocycles. The highest BCUT2D eigenvalue weighted by molar-refractivity contribution is 7.89. The minimum atomic E-state index is -4.01. The topological polar surface area (TPSA) is 85.1 Å². The number of halogens is 1. The van der Waals surface area contributed by atoms with E-state index in [9.17, 15) is 12.8 Å². The van der Waals surface area contributed by atoms with Crippen molar-refractivity contribution in [3.8, 4) is 0 Å². The fourth-order valence-electron chi connectivity index (χ4n) is 1.71. The summed E-state index contributed by atoms with van der Waals surface area (Å²) in [6, 6.07) is 7.98. The van der Waals surface area contributed by atoms with Gasteiger partial charge in [-0.3, -0.25) is 4.98 Å². The molecule has 5 nitrogen and oxygen atoms in total. The number of nitrogens with zero attached hydrogens (tertiary/aromatic N) is 1. The summed E-state index contributed by atoms with van der Waals surface area (Å²) in [6.07, 6.45) is 1.56. The molecule has 1 aromatic heterocycles. The van der Waals surface area contributed by atoms with Gasteiger partial charge < -0.3 is 5.73 Å². The highest BCUT2D eigenvalue weighted by Gasteiger charge is 2.22. The zero-order valence-electron chi connectivity index (χ0n) is 10.7. The molecular formula is C13H14FN3O2S. The maximum Gasteiger partial charge on any atom is 0.244 e. The Labute approximate surface area is 116 Å². The first-order valence-electron chi connectivity index (χ1n) is 5.88. The summed E-state index contributed by atoms with van der Waals surface area (Å²) in [5, 5.41) is 0. The van der Waals surface area contributed by atoms with Gasteiger partial charge in [-0.05, 0) is 37.3 Å². The molecule has 1 aromatic carbocycles. The van der Waals surface area contributed by atoms with Gasteiger partial charge in [-0.15, -0.1) is 0 Å². The van der Waals surface area contributed by atoms with Crippen molar-refractivity contribution in [3.63, 3.8) is 0 Å². The average molecular weight is 295 g/mol. The standard InChI is InChI=1S/C13H14FN3O2S/c1-9(12-4-2-3-7-16-12)17-20(18,19)13-8-10(15)5-6-11(13)14/h2-9,17H,15H2,1H3. The average Bonchev–Trinajstić information content (AvgIpc) is 2.42. The smallest absolute Gasteiger partial charge is 0.244 e. The van der Waals surface area contributed by atoms with Crippen LogP contribution in [0.1, 0.15) is 18.7 Å². The normalized spacial score (nSPS) is 13.1. The summed E-state index contributed by atoms with van der Waals surface area (Å²) in [6.45, 7) is 1.63. The third-order valence-corrected chi connectivity index (χ3v) is 4.26. The Hall–Kier alpha value is -1.99. The maximum absolute atomic E-state index is 13.6. The molecule has 7 heteroatoms. The predicted octanol–water partition coefficient (Wildman–Crippen LogP) is 1.84. The molecule has 0 aliphatic heterocycles. The van der Waals surface area contributed by atoms with E-state index < -0.39 is 26.8 Å². The number of nitrogen functional groups attached to an aromatic ring is 1. The Kier molecular flexibility index (Phi) is 4.01. The van der Waals surface area contributed by atoms with E-state index in [1.807, 2.05) is 0 Å². The molecule has 0 aliphatic carbocycles. The zero-order chi connectivity index (χ0) is 14.8. The van der Waals surface area contributed by atoms with Crippen LogP contribution in [0.5, 0.6) is 0 Å². The van der Waals surface area contributed by atoms with Crippen LogP contribution in [0.15, 0.2) is 47.5 Å². The molecule has 0 radical (unpaired) electrons. The van der Waals surface area contributed by atoms with Gasteiger partial charge in [-0.25, -0.2) is 17.5 Å². The number of rotatable bonds is 4. The molecule has 106 valence electrons. The van der Waals surface area contributed by atoms with Crippen molar-refractivity contribution in [1.82, 2.24) is 9.71 Å². The van der Waals surface area contributed by atoms with Crippen LogP contribution in [0, 0.1) is 5.82 Å². The van der Waals surface area contributed by atoms with E-state index in [4.69, 9.17) is 5.73 Å². The highest BCUT2D eigenvalue weighted by atomic mass is 32.2. The Balaban J connectivity index is 2.30. The zero-order valence-corrected chi connectivity index (χ0v) is 11.6. The maximum atomic E-state index is 13.6. The van der Waals surface area contributed by atoms with Gasteiger partial charge in [0.1, 0.15) is 10.7 Å². The van der Waals surface area contributed by atoms with E-state index in [0.29, 0.717) is 5.69 Å². The molecule has 0 aliphatic rings. The minimum Gasteiger partial charge on any atom is -0.399 e. The SMILES string of the molecule is CC(NS(=O)(=O)c1cc(N)ccc1F)c1ccccn1. The van der Waals surface area contributed by atoms with Crippen molar-refractivity contribution in [1.29, 1.82) is 0 Å². The summed E-state index contributed by atoms with van der Waals surface area (Å²) < 4.78 is 40.3. The van der Waals surface area contributed by atoms with Crippen LogP contribution in [0.2, 0.25) is 0 Å². The van der Waals surface area contributed by atoms with Crippen molar-refractivity contribution in [2.24, 2.45) is 0 Å². The number of anilines is 1. The van der Waals surface area contributed by atoms with Crippen LogP contribution in [-0.4, -0.2) is 13.4 Å². The van der Waals surface area contributed by atoms with Gasteiger partial charge >= 0.3 is 0 Å². The number of nitrogens with one attached hydrogen (secondary N) is 1. The van der Waals surface area contributed by atoms with Crippen molar-refractivity contribution in [2.75, 3.05) is 5.73 Å². The van der Waals surface area contributed by atoms with Crippen LogP contribution in [0.25, 0.3) is 0 Å². The molecule has 0 amide bonds. The van der Waals surface area contributed by atoms with Crippen LogP contribution in [0.4, 0.5) is 10.1 Å². The number of hydrogen-bond donors (Lipinski definition) is 2. The lowest BCUT2D eigenvalue weighted by molar-refractivity contribution is 0.545. The molecule has 0 saturated heterocycles. The lowest BCUT2D eigenvalue weighted by Crippen LogP contribution is -2.28. The Morgan fingerprint density at radius 3 is 2.70 bits per heavy atom. The van der Waals surface area contributed by atoms with Crippen LogP contribution >= 0.6 is 0 Å². The number of pyridine rings is 1. The van der Waals surface area contributed by atoms with E-state index in [1.165, 1.54) is 6.07 Å². The van der Waals surface area contributed by atoms with Crippen molar-refractivity contribution in [3.05, 3.63) is 54.1 Å². The summed E-state index contributed by atoms with van der Waals surface area (Å²) >= 11 is 0. The Morgan fingerprint density at radius 1 is 1.30 bits per heavy atom. The number of aromatic nitrogens is 1. The van der Waals surface area contributed by atoms with Crippen molar-refractivity contribution >= 4 is 15.7 Å². The number of sulfonamides is 1. The van der Waals surface area contributed by atoms with E-state index in [0.717, 1.165) is 12.1 Å². The van der Waals surface area contributed by atoms with Crippen LogP contribution < -0.4 is 10.5 Å². The lowest BCUT2D eigenvalue weighted by Gasteiger charge is -2.14. The fraction of sp³-hybridized carbons (Fsp3) is 0.154. The van der Waals surface area contributed by atoms with E-state index in [-0.39, 0.29) is 5.69 Å². The van der Waals surface area contributed by atoms with Gasteiger partial charge in [0.25, 0.3) is 0 Å². The van der Waals surface area contributed by atoms with Crippen molar-refractivity contribution < 1.29 is 12.8 Å². The van der Waals surface area contributed by atoms with Gasteiger partial charge in [-0.2, -0.15) is 0 Å². The second-order valence-corrected chi connectivity index (χ2v) is 5.97. The second kappa shape index (κ2) is 5.56. The van der Waals surface area contributed by atoms with Gasteiger partial charge in [0.2, 0.25) is 10.0 Å². The van der Waals surface area contributed by atoms with Crippen LogP contribution in [0.3, 0.4) is 0 Å². The summed E-state index contributed by atoms with van der Waals surface area (Å²) in [4.78, 5) is 3.58. The fourth-order valence-corrected chi connectivity index (χ4v) is 3.04. The lowest BCUT2D eigenvalue weighted by atomic mass is 10.2. The molecule has 1 atom stereocenters. The Bertz CT molecular complexity index is 705. The van der Waals surface area contributed by atoms with E-state index in [1.54, 1.807) is 31.3 Å². The first-order valence-corrected chi connectivity index (χ1v) is 7.37. The molecule has 0 spiro atoms.